The van der Waals surface area contributed by atoms with Crippen molar-refractivity contribution >= 4 is 17.5 Å². The van der Waals surface area contributed by atoms with Crippen LogP contribution in [0.4, 0.5) is 0 Å². The molecule has 1 amide bonds. The molecule has 2 atom stereocenters. The van der Waals surface area contributed by atoms with Crippen LogP contribution in [0.15, 0.2) is 42.5 Å². The van der Waals surface area contributed by atoms with Crippen molar-refractivity contribution in [2.45, 2.75) is 25.3 Å². The predicted molar refractivity (Wildman–Crippen MR) is 114 cm³/mol. The Balaban J connectivity index is 1.42. The maximum absolute atomic E-state index is 12.9. The third-order valence-electron chi connectivity index (χ3n) is 5.83. The van der Waals surface area contributed by atoms with Crippen LogP contribution in [0.1, 0.15) is 30.0 Å². The summed E-state index contributed by atoms with van der Waals surface area (Å²) in [7, 11) is 1.64. The lowest BCUT2D eigenvalue weighted by molar-refractivity contribution is -0.126. The van der Waals surface area contributed by atoms with Gasteiger partial charge < -0.3 is 14.8 Å². The van der Waals surface area contributed by atoms with Gasteiger partial charge in [-0.3, -0.25) is 9.69 Å². The van der Waals surface area contributed by atoms with Gasteiger partial charge >= 0.3 is 0 Å². The van der Waals surface area contributed by atoms with Gasteiger partial charge in [-0.15, -0.1) is 0 Å². The van der Waals surface area contributed by atoms with Crippen molar-refractivity contribution in [3.63, 3.8) is 0 Å². The van der Waals surface area contributed by atoms with Gasteiger partial charge in [0.05, 0.1) is 19.1 Å². The molecule has 1 N–H and O–H groups in total. The molecule has 2 unspecified atom stereocenters. The van der Waals surface area contributed by atoms with Crippen LogP contribution >= 0.6 is 11.6 Å². The molecule has 2 aromatic rings. The van der Waals surface area contributed by atoms with Crippen LogP contribution < -0.4 is 14.8 Å². The first kappa shape index (κ1) is 20.0. The number of hydrogen-bond acceptors (Lipinski definition) is 4. The number of likely N-dealkylation sites (tertiary alicyclic amines) is 1. The van der Waals surface area contributed by atoms with Crippen molar-refractivity contribution in [1.29, 1.82) is 0 Å². The van der Waals surface area contributed by atoms with Gasteiger partial charge in [-0.05, 0) is 73.8 Å². The molecule has 154 valence electrons. The largest absolute Gasteiger partial charge is 0.497 e. The number of rotatable bonds is 6. The maximum Gasteiger partial charge on any atom is 0.226 e. The number of ether oxygens (including phenoxy) is 2. The molecule has 2 aliphatic rings. The third kappa shape index (κ3) is 4.68. The zero-order chi connectivity index (χ0) is 20.2. The average molecular weight is 415 g/mol. The fourth-order valence-electron chi connectivity index (χ4n) is 4.23. The van der Waals surface area contributed by atoms with E-state index in [0.29, 0.717) is 19.6 Å². The Bertz CT molecular complexity index is 867. The molecule has 6 heteroatoms. The van der Waals surface area contributed by atoms with Gasteiger partial charge in [0.2, 0.25) is 5.91 Å². The van der Waals surface area contributed by atoms with Crippen LogP contribution in [0, 0.1) is 5.92 Å². The molecule has 29 heavy (non-hydrogen) atoms. The molecule has 4 rings (SSSR count). The monoisotopic (exact) mass is 414 g/mol. The summed E-state index contributed by atoms with van der Waals surface area (Å²) >= 11 is 6.22. The van der Waals surface area contributed by atoms with Crippen molar-refractivity contribution in [1.82, 2.24) is 10.2 Å². The van der Waals surface area contributed by atoms with Gasteiger partial charge in [0.25, 0.3) is 0 Å². The zero-order valence-corrected chi connectivity index (χ0v) is 17.5. The van der Waals surface area contributed by atoms with E-state index < -0.39 is 0 Å². The highest BCUT2D eigenvalue weighted by atomic mass is 35.5. The smallest absolute Gasteiger partial charge is 0.226 e. The van der Waals surface area contributed by atoms with Gasteiger partial charge in [0.15, 0.2) is 0 Å². The minimum absolute atomic E-state index is 0.0321. The minimum atomic E-state index is -0.201. The van der Waals surface area contributed by atoms with Crippen molar-refractivity contribution in [3.8, 4) is 11.5 Å². The number of hydrogen-bond donors (Lipinski definition) is 1. The number of amides is 1. The van der Waals surface area contributed by atoms with E-state index in [1.54, 1.807) is 7.11 Å². The topological polar surface area (TPSA) is 50.8 Å². The first-order chi connectivity index (χ1) is 14.1. The number of nitrogens with zero attached hydrogens (tertiary/aromatic N) is 1. The van der Waals surface area contributed by atoms with E-state index in [1.165, 1.54) is 12.8 Å². The summed E-state index contributed by atoms with van der Waals surface area (Å²) in [5.74, 6) is 1.45. The van der Waals surface area contributed by atoms with Crippen LogP contribution in [-0.2, 0) is 11.2 Å². The van der Waals surface area contributed by atoms with E-state index in [9.17, 15) is 4.79 Å². The highest BCUT2D eigenvalue weighted by Crippen LogP contribution is 2.31. The molecule has 2 aliphatic heterocycles. The number of carbonyl (C=O) groups is 1. The lowest BCUT2D eigenvalue weighted by atomic mass is 9.95. The van der Waals surface area contributed by atoms with E-state index >= 15 is 0 Å². The second-order valence-corrected chi connectivity index (χ2v) is 8.18. The van der Waals surface area contributed by atoms with Gasteiger partial charge in [-0.2, -0.15) is 0 Å². The summed E-state index contributed by atoms with van der Waals surface area (Å²) in [6.07, 6.45) is 3.05. The zero-order valence-electron chi connectivity index (χ0n) is 16.7. The Morgan fingerprint density at radius 3 is 2.86 bits per heavy atom. The molecule has 0 radical (unpaired) electrons. The molecule has 2 heterocycles. The molecular formula is C23H27ClN2O3. The van der Waals surface area contributed by atoms with Crippen molar-refractivity contribution in [2.24, 2.45) is 5.92 Å². The minimum Gasteiger partial charge on any atom is -0.497 e. The Hall–Kier alpha value is -2.24. The summed E-state index contributed by atoms with van der Waals surface area (Å²) in [4.78, 5) is 15.3. The van der Waals surface area contributed by atoms with Crippen molar-refractivity contribution < 1.29 is 14.3 Å². The average Bonchev–Trinajstić information content (AvgIpc) is 3.27. The Morgan fingerprint density at radius 2 is 2.10 bits per heavy atom. The molecule has 5 nitrogen and oxygen atoms in total. The van der Waals surface area contributed by atoms with Crippen molar-refractivity contribution in [3.05, 3.63) is 58.6 Å². The summed E-state index contributed by atoms with van der Waals surface area (Å²) in [6.45, 7) is 3.07. The second kappa shape index (κ2) is 9.06. The summed E-state index contributed by atoms with van der Waals surface area (Å²) < 4.78 is 11.1. The van der Waals surface area contributed by atoms with Crippen LogP contribution in [0.5, 0.6) is 11.5 Å². The number of carbonyl (C=O) groups excluding carboxylic acids is 1. The van der Waals surface area contributed by atoms with Gasteiger partial charge in [0, 0.05) is 11.6 Å². The first-order valence-corrected chi connectivity index (χ1v) is 10.6. The first-order valence-electron chi connectivity index (χ1n) is 10.2. The molecular weight excluding hydrogens is 388 g/mol. The molecule has 1 fully saturated rings. The highest BCUT2D eigenvalue weighted by Gasteiger charge is 2.29. The maximum atomic E-state index is 12.9. The fraction of sp³-hybridized carbons (Fsp3) is 0.435. The standard InChI is InChI=1S/C23H27ClN2O3/c1-28-20-7-8-22-17(13-20)11-18(15-29-22)23(27)25-14-21(26-9-2-3-10-26)16-5-4-6-19(24)12-16/h4-8,12-13,18,21H,2-3,9-11,14-15H2,1H3,(H,25,27). The Labute approximate surface area is 176 Å². The van der Waals surface area contributed by atoms with Crippen LogP contribution in [0.25, 0.3) is 0 Å². The SMILES string of the molecule is COc1ccc2c(c1)CC(C(=O)NCC(c1cccc(Cl)c1)N1CCCC1)CO2. The fourth-order valence-corrected chi connectivity index (χ4v) is 4.43. The van der Waals surface area contributed by atoms with E-state index in [0.717, 1.165) is 40.7 Å². The second-order valence-electron chi connectivity index (χ2n) is 7.74. The number of fused-ring (bicyclic) bond motifs is 1. The van der Waals surface area contributed by atoms with Gasteiger partial charge in [-0.1, -0.05) is 23.7 Å². The van der Waals surface area contributed by atoms with E-state index in [-0.39, 0.29) is 17.9 Å². The summed E-state index contributed by atoms with van der Waals surface area (Å²) in [5, 5.41) is 3.90. The van der Waals surface area contributed by atoms with Gasteiger partial charge in [-0.25, -0.2) is 0 Å². The number of halogens is 1. The lowest BCUT2D eigenvalue weighted by Crippen LogP contribution is -2.42. The molecule has 1 saturated heterocycles. The van der Waals surface area contributed by atoms with E-state index in [1.807, 2.05) is 36.4 Å². The number of methoxy groups -OCH3 is 1. The Morgan fingerprint density at radius 1 is 1.28 bits per heavy atom. The molecule has 0 spiro atoms. The number of benzene rings is 2. The Kier molecular flexibility index (Phi) is 6.26. The molecule has 2 aromatic carbocycles. The van der Waals surface area contributed by atoms with E-state index in [4.69, 9.17) is 21.1 Å². The predicted octanol–water partition coefficient (Wildman–Crippen LogP) is 3.85. The normalized spacial score (nSPS) is 19.9. The number of nitrogens with one attached hydrogen (secondary N) is 1. The van der Waals surface area contributed by atoms with Crippen LogP contribution in [0.2, 0.25) is 5.02 Å². The van der Waals surface area contributed by atoms with Gasteiger partial charge in [0.1, 0.15) is 18.1 Å². The van der Waals surface area contributed by atoms with Crippen molar-refractivity contribution in [2.75, 3.05) is 33.4 Å². The quantitative estimate of drug-likeness (QED) is 0.780. The third-order valence-corrected chi connectivity index (χ3v) is 6.06. The highest BCUT2D eigenvalue weighted by molar-refractivity contribution is 6.30. The van der Waals surface area contributed by atoms with Crippen LogP contribution in [-0.4, -0.2) is 44.2 Å². The lowest BCUT2D eigenvalue weighted by Gasteiger charge is -2.30. The molecule has 0 aromatic heterocycles. The molecule has 0 aliphatic carbocycles. The summed E-state index contributed by atoms with van der Waals surface area (Å²) in [6, 6.07) is 13.8. The van der Waals surface area contributed by atoms with Crippen LogP contribution in [0.3, 0.4) is 0 Å². The summed E-state index contributed by atoms with van der Waals surface area (Å²) in [5.41, 5.74) is 2.16. The molecule has 0 saturated carbocycles. The van der Waals surface area contributed by atoms with E-state index in [2.05, 4.69) is 16.3 Å². The molecule has 0 bridgehead atoms.